The largest absolute Gasteiger partial charge is 0.354 e. The number of rotatable bonds is 5. The molecule has 4 amide bonds. The Hall–Kier alpha value is -2.09. The Bertz CT molecular complexity index is 545. The lowest BCUT2D eigenvalue weighted by atomic mass is 10.1. The Morgan fingerprint density at radius 3 is 3.05 bits per heavy atom. The maximum absolute atomic E-state index is 11.9. The molecule has 1 aromatic heterocycles. The van der Waals surface area contributed by atoms with Crippen molar-refractivity contribution in [2.24, 2.45) is 0 Å². The molecule has 0 radical (unpaired) electrons. The molecule has 1 aliphatic heterocycles. The molecule has 8 nitrogen and oxygen atoms in total. The molecule has 0 bridgehead atoms. The zero-order valence-corrected chi connectivity index (χ0v) is 12.0. The summed E-state index contributed by atoms with van der Waals surface area (Å²) in [5.74, 6) is -0.670. The monoisotopic (exact) mass is 313 g/mol. The lowest BCUT2D eigenvalue weighted by molar-refractivity contribution is -0.123. The number of hydrogen-bond donors (Lipinski definition) is 3. The van der Waals surface area contributed by atoms with E-state index in [0.29, 0.717) is 24.5 Å². The molecule has 2 heterocycles. The normalized spacial score (nSPS) is 18.6. The number of aromatic nitrogens is 2. The Labute approximate surface area is 126 Å². The third kappa shape index (κ3) is 4.75. The first-order valence-electron chi connectivity index (χ1n) is 6.60. The third-order valence-corrected chi connectivity index (χ3v) is 3.19. The average Bonchev–Trinajstić information content (AvgIpc) is 2.76. The number of halogens is 1. The van der Waals surface area contributed by atoms with E-state index in [-0.39, 0.29) is 24.7 Å². The molecule has 1 fully saturated rings. The molecule has 1 aromatic rings. The predicted octanol–water partition coefficient (Wildman–Crippen LogP) is 0.0310. The molecule has 0 saturated carbocycles. The van der Waals surface area contributed by atoms with Crippen molar-refractivity contribution in [3.05, 3.63) is 17.4 Å². The topological polar surface area (TPSA) is 105 Å². The van der Waals surface area contributed by atoms with Gasteiger partial charge >= 0.3 is 6.03 Å². The Morgan fingerprint density at radius 1 is 1.52 bits per heavy atom. The summed E-state index contributed by atoms with van der Waals surface area (Å²) in [4.78, 5) is 34.3. The van der Waals surface area contributed by atoms with Crippen molar-refractivity contribution in [2.45, 2.75) is 31.8 Å². The molecule has 1 atom stereocenters. The van der Waals surface area contributed by atoms with E-state index in [9.17, 15) is 14.4 Å². The van der Waals surface area contributed by atoms with Crippen LogP contribution in [0.5, 0.6) is 0 Å². The maximum atomic E-state index is 11.9. The van der Waals surface area contributed by atoms with Gasteiger partial charge in [-0.05, 0) is 12.8 Å². The molecule has 21 heavy (non-hydrogen) atoms. The minimum atomic E-state index is -0.685. The van der Waals surface area contributed by atoms with Crippen LogP contribution in [-0.4, -0.2) is 40.2 Å². The minimum absolute atomic E-state index is 0.141. The van der Waals surface area contributed by atoms with Crippen LogP contribution in [0, 0.1) is 0 Å². The van der Waals surface area contributed by atoms with Crippen LogP contribution in [0.1, 0.15) is 19.3 Å². The average molecular weight is 314 g/mol. The number of hydrogen-bond acceptors (Lipinski definition) is 4. The molecular weight excluding hydrogens is 298 g/mol. The fourth-order valence-corrected chi connectivity index (χ4v) is 2.12. The van der Waals surface area contributed by atoms with Crippen LogP contribution in [0.2, 0.25) is 5.02 Å². The van der Waals surface area contributed by atoms with Gasteiger partial charge in [-0.3, -0.25) is 19.6 Å². The second-order valence-corrected chi connectivity index (χ2v) is 5.12. The van der Waals surface area contributed by atoms with Crippen molar-refractivity contribution in [1.82, 2.24) is 25.7 Å². The standard InChI is InChI=1S/C12H16ClN5O3/c13-8-6-15-18(7-8)5-1-4-14-11(20)9-2-3-10(19)17-12(21)16-9/h6-7,9H,1-5H2,(H,14,20)(H2,16,17,19,21). The molecule has 9 heteroatoms. The Balaban J connectivity index is 1.71. The Morgan fingerprint density at radius 2 is 2.33 bits per heavy atom. The van der Waals surface area contributed by atoms with Crippen molar-refractivity contribution < 1.29 is 14.4 Å². The lowest BCUT2D eigenvalue weighted by Gasteiger charge is -2.14. The van der Waals surface area contributed by atoms with Crippen molar-refractivity contribution in [3.63, 3.8) is 0 Å². The molecule has 3 N–H and O–H groups in total. The van der Waals surface area contributed by atoms with Crippen LogP contribution >= 0.6 is 11.6 Å². The zero-order chi connectivity index (χ0) is 15.2. The molecule has 1 unspecified atom stereocenters. The van der Waals surface area contributed by atoms with Crippen molar-refractivity contribution >= 4 is 29.4 Å². The summed E-state index contributed by atoms with van der Waals surface area (Å²) in [5, 5.41) is 11.9. The van der Waals surface area contributed by atoms with Crippen LogP contribution in [0.4, 0.5) is 4.79 Å². The van der Waals surface area contributed by atoms with Crippen molar-refractivity contribution in [1.29, 1.82) is 0 Å². The summed E-state index contributed by atoms with van der Waals surface area (Å²) < 4.78 is 1.69. The number of carbonyl (C=O) groups excluding carboxylic acids is 3. The molecular formula is C12H16ClN5O3. The first-order chi connectivity index (χ1) is 10.0. The van der Waals surface area contributed by atoms with E-state index in [4.69, 9.17) is 11.6 Å². The minimum Gasteiger partial charge on any atom is -0.354 e. The summed E-state index contributed by atoms with van der Waals surface area (Å²) in [5.41, 5.74) is 0. The van der Waals surface area contributed by atoms with E-state index in [1.807, 2.05) is 0 Å². The van der Waals surface area contributed by atoms with Crippen LogP contribution in [-0.2, 0) is 16.1 Å². The van der Waals surface area contributed by atoms with E-state index < -0.39 is 12.1 Å². The molecule has 2 rings (SSSR count). The van der Waals surface area contributed by atoms with Gasteiger partial charge in [-0.1, -0.05) is 11.6 Å². The number of imide groups is 1. The van der Waals surface area contributed by atoms with Crippen LogP contribution in [0.25, 0.3) is 0 Å². The van der Waals surface area contributed by atoms with Crippen molar-refractivity contribution in [3.8, 4) is 0 Å². The quantitative estimate of drug-likeness (QED) is 0.667. The predicted molar refractivity (Wildman–Crippen MR) is 74.6 cm³/mol. The highest BCUT2D eigenvalue weighted by molar-refractivity contribution is 6.30. The first kappa shape index (κ1) is 15.3. The second-order valence-electron chi connectivity index (χ2n) is 4.68. The van der Waals surface area contributed by atoms with Gasteiger partial charge in [0.05, 0.1) is 11.2 Å². The van der Waals surface area contributed by atoms with Crippen LogP contribution in [0.3, 0.4) is 0 Å². The van der Waals surface area contributed by atoms with Gasteiger partial charge in [-0.25, -0.2) is 4.79 Å². The number of aryl methyl sites for hydroxylation is 1. The van der Waals surface area contributed by atoms with Gasteiger partial charge in [-0.15, -0.1) is 0 Å². The molecule has 1 aliphatic rings. The summed E-state index contributed by atoms with van der Waals surface area (Å²) in [6.45, 7) is 1.08. The van der Waals surface area contributed by atoms with E-state index in [2.05, 4.69) is 21.0 Å². The van der Waals surface area contributed by atoms with Gasteiger partial charge in [0.2, 0.25) is 11.8 Å². The van der Waals surface area contributed by atoms with Gasteiger partial charge in [-0.2, -0.15) is 5.10 Å². The number of urea groups is 1. The molecule has 1 saturated heterocycles. The van der Waals surface area contributed by atoms with E-state index in [1.165, 1.54) is 0 Å². The van der Waals surface area contributed by atoms with Gasteiger partial charge in [0.25, 0.3) is 0 Å². The number of nitrogens with one attached hydrogen (secondary N) is 3. The molecule has 0 aromatic carbocycles. The zero-order valence-electron chi connectivity index (χ0n) is 11.3. The highest BCUT2D eigenvalue weighted by Crippen LogP contribution is 2.05. The van der Waals surface area contributed by atoms with Gasteiger partial charge in [0.1, 0.15) is 6.04 Å². The molecule has 114 valence electrons. The fourth-order valence-electron chi connectivity index (χ4n) is 1.96. The van der Waals surface area contributed by atoms with Gasteiger partial charge in [0, 0.05) is 25.7 Å². The number of carbonyl (C=O) groups is 3. The maximum Gasteiger partial charge on any atom is 0.322 e. The molecule has 0 spiro atoms. The summed E-state index contributed by atoms with van der Waals surface area (Å²) in [7, 11) is 0. The third-order valence-electron chi connectivity index (χ3n) is 3.00. The summed E-state index contributed by atoms with van der Waals surface area (Å²) >= 11 is 5.74. The smallest absolute Gasteiger partial charge is 0.322 e. The van der Waals surface area contributed by atoms with Crippen LogP contribution < -0.4 is 16.0 Å². The second kappa shape index (κ2) is 7.07. The summed E-state index contributed by atoms with van der Waals surface area (Å²) in [6.07, 6.45) is 4.36. The SMILES string of the molecule is O=C1CCC(C(=O)NCCCn2cc(Cl)cn2)NC(=O)N1. The van der Waals surface area contributed by atoms with Crippen LogP contribution in [0.15, 0.2) is 12.4 Å². The highest BCUT2D eigenvalue weighted by atomic mass is 35.5. The van der Waals surface area contributed by atoms with Gasteiger partial charge < -0.3 is 10.6 Å². The van der Waals surface area contributed by atoms with E-state index in [0.717, 1.165) is 0 Å². The van der Waals surface area contributed by atoms with E-state index >= 15 is 0 Å². The highest BCUT2D eigenvalue weighted by Gasteiger charge is 2.25. The van der Waals surface area contributed by atoms with E-state index in [1.54, 1.807) is 17.1 Å². The summed E-state index contributed by atoms with van der Waals surface area (Å²) in [6, 6.07) is -1.32. The van der Waals surface area contributed by atoms with Crippen molar-refractivity contribution in [2.75, 3.05) is 6.54 Å². The van der Waals surface area contributed by atoms with Gasteiger partial charge in [0.15, 0.2) is 0 Å². The number of amides is 4. The first-order valence-corrected chi connectivity index (χ1v) is 6.98. The Kier molecular flexibility index (Phi) is 5.15. The number of nitrogens with zero attached hydrogens (tertiary/aromatic N) is 2. The fraction of sp³-hybridized carbons (Fsp3) is 0.500. The lowest BCUT2D eigenvalue weighted by Crippen LogP contribution is -2.48. The molecule has 0 aliphatic carbocycles.